The fourth-order valence-corrected chi connectivity index (χ4v) is 5.74. The maximum Gasteiger partial charge on any atom is 0.209 e. The van der Waals surface area contributed by atoms with Crippen molar-refractivity contribution in [3.8, 4) is 0 Å². The van der Waals surface area contributed by atoms with Crippen molar-refractivity contribution in [1.29, 1.82) is 0 Å². The number of aryl methyl sites for hydroxylation is 1. The van der Waals surface area contributed by atoms with Crippen LogP contribution in [0.15, 0.2) is 42.6 Å². The summed E-state index contributed by atoms with van der Waals surface area (Å²) >= 11 is 0. The molecule has 1 aliphatic carbocycles. The lowest BCUT2D eigenvalue weighted by Crippen LogP contribution is -2.55. The molecule has 2 heterocycles. The largest absolute Gasteiger partial charge is 0.374 e. The lowest BCUT2D eigenvalue weighted by atomic mass is 9.79. The van der Waals surface area contributed by atoms with Crippen LogP contribution in [0.2, 0.25) is 0 Å². The van der Waals surface area contributed by atoms with Crippen LogP contribution in [0.1, 0.15) is 43.6 Å². The number of aromatic nitrogens is 2. The summed E-state index contributed by atoms with van der Waals surface area (Å²) in [5.74, 6) is 2.09. The van der Waals surface area contributed by atoms with Crippen LogP contribution >= 0.6 is 0 Å². The molecule has 1 aromatic heterocycles. The molecule has 1 aliphatic heterocycles. The van der Waals surface area contributed by atoms with Gasteiger partial charge in [0.25, 0.3) is 0 Å². The lowest BCUT2D eigenvalue weighted by Gasteiger charge is -2.39. The molecule has 2 atom stereocenters. The number of piperidine rings is 1. The zero-order chi connectivity index (χ0) is 21.8. The summed E-state index contributed by atoms with van der Waals surface area (Å²) < 4.78 is 34.7. The van der Waals surface area contributed by atoms with Crippen LogP contribution in [0.4, 0.5) is 5.82 Å². The summed E-state index contributed by atoms with van der Waals surface area (Å²) in [6.07, 6.45) is 8.35. The number of hydrogen-bond donors (Lipinski definition) is 1. The van der Waals surface area contributed by atoms with E-state index in [0.29, 0.717) is 31.4 Å². The number of nitrogens with zero attached hydrogens (tertiary/aromatic N) is 3. The average molecular weight is 447 g/mol. The lowest BCUT2D eigenvalue weighted by molar-refractivity contribution is -0.00129. The Bertz CT molecular complexity index is 939. The Balaban J connectivity index is 1.34. The highest BCUT2D eigenvalue weighted by Crippen LogP contribution is 2.36. The van der Waals surface area contributed by atoms with Crippen LogP contribution in [-0.4, -0.2) is 56.3 Å². The first-order valence-electron chi connectivity index (χ1n) is 11.3. The van der Waals surface area contributed by atoms with Crippen molar-refractivity contribution in [1.82, 2.24) is 14.5 Å². The predicted molar refractivity (Wildman–Crippen MR) is 123 cm³/mol. The van der Waals surface area contributed by atoms with Crippen LogP contribution in [0.25, 0.3) is 0 Å². The number of ether oxygens (including phenoxy) is 1. The van der Waals surface area contributed by atoms with Gasteiger partial charge in [-0.15, -0.1) is 0 Å². The smallest absolute Gasteiger partial charge is 0.209 e. The van der Waals surface area contributed by atoms with Gasteiger partial charge in [0.05, 0.1) is 18.4 Å². The van der Waals surface area contributed by atoms with Gasteiger partial charge in [0.2, 0.25) is 10.0 Å². The molecule has 2 aromatic rings. The molecule has 4 rings (SSSR count). The molecule has 0 unspecified atom stereocenters. The summed E-state index contributed by atoms with van der Waals surface area (Å²) in [4.78, 5) is 2.19. The van der Waals surface area contributed by atoms with Crippen molar-refractivity contribution in [3.05, 3.63) is 48.2 Å². The van der Waals surface area contributed by atoms with Gasteiger partial charge >= 0.3 is 0 Å². The molecule has 170 valence electrons. The first-order chi connectivity index (χ1) is 14.9. The monoisotopic (exact) mass is 446 g/mol. The third kappa shape index (κ3) is 6.08. The fourth-order valence-electron chi connectivity index (χ4n) is 4.92. The molecular weight excluding hydrogens is 412 g/mol. The maximum absolute atomic E-state index is 11.9. The molecule has 2 fully saturated rings. The number of benzene rings is 1. The predicted octanol–water partition coefficient (Wildman–Crippen LogP) is 2.91. The summed E-state index contributed by atoms with van der Waals surface area (Å²) in [6.45, 7) is 2.08. The number of anilines is 1. The number of sulfonamides is 1. The highest BCUT2D eigenvalue weighted by Gasteiger charge is 2.33. The van der Waals surface area contributed by atoms with Gasteiger partial charge < -0.3 is 9.64 Å². The van der Waals surface area contributed by atoms with Crippen molar-refractivity contribution in [2.24, 2.45) is 13.0 Å². The molecule has 7 nitrogen and oxygen atoms in total. The Labute approximate surface area is 185 Å². The Kier molecular flexibility index (Phi) is 6.99. The average Bonchev–Trinajstić information content (AvgIpc) is 3.19. The summed E-state index contributed by atoms with van der Waals surface area (Å²) in [5.41, 5.74) is 1.44. The molecule has 0 bridgehead atoms. The first kappa shape index (κ1) is 22.3. The van der Waals surface area contributed by atoms with Gasteiger partial charge in [-0.2, -0.15) is 5.10 Å². The normalized spacial score (nSPS) is 27.4. The molecule has 1 aromatic carbocycles. The molecule has 1 saturated carbocycles. The molecule has 0 radical (unpaired) electrons. The minimum Gasteiger partial charge on any atom is -0.374 e. The van der Waals surface area contributed by atoms with Gasteiger partial charge in [-0.05, 0) is 49.5 Å². The summed E-state index contributed by atoms with van der Waals surface area (Å²) in [5, 5.41) is 4.50. The van der Waals surface area contributed by atoms with E-state index < -0.39 is 10.0 Å². The molecule has 31 heavy (non-hydrogen) atoms. The van der Waals surface area contributed by atoms with E-state index in [9.17, 15) is 8.42 Å². The summed E-state index contributed by atoms with van der Waals surface area (Å²) in [7, 11) is -1.38. The third-order valence-corrected chi connectivity index (χ3v) is 7.34. The second kappa shape index (κ2) is 9.71. The molecule has 1 N–H and O–H groups in total. The van der Waals surface area contributed by atoms with Crippen LogP contribution in [0.5, 0.6) is 0 Å². The van der Waals surface area contributed by atoms with Crippen LogP contribution < -0.4 is 9.62 Å². The summed E-state index contributed by atoms with van der Waals surface area (Å²) in [6, 6.07) is 12.6. The second-order valence-electron chi connectivity index (χ2n) is 9.08. The van der Waals surface area contributed by atoms with E-state index in [1.807, 2.05) is 19.3 Å². The maximum atomic E-state index is 11.9. The van der Waals surface area contributed by atoms with Crippen molar-refractivity contribution < 1.29 is 13.2 Å². The number of hydrogen-bond acceptors (Lipinski definition) is 5. The fraction of sp³-hybridized carbons (Fsp3) is 0.609. The van der Waals surface area contributed by atoms with Crippen LogP contribution in [0.3, 0.4) is 0 Å². The van der Waals surface area contributed by atoms with Crippen LogP contribution in [-0.2, 0) is 21.8 Å². The van der Waals surface area contributed by atoms with Gasteiger partial charge in [-0.25, -0.2) is 13.1 Å². The Morgan fingerprint density at radius 1 is 1.10 bits per heavy atom. The Morgan fingerprint density at radius 3 is 2.48 bits per heavy atom. The van der Waals surface area contributed by atoms with Crippen LogP contribution in [0, 0.1) is 5.92 Å². The quantitative estimate of drug-likeness (QED) is 0.708. The number of rotatable bonds is 7. The minimum atomic E-state index is -3.28. The molecule has 2 aliphatic rings. The zero-order valence-corrected chi connectivity index (χ0v) is 19.3. The van der Waals surface area contributed by atoms with Crippen molar-refractivity contribution in [2.45, 2.75) is 50.2 Å². The zero-order valence-electron chi connectivity index (χ0n) is 18.5. The van der Waals surface area contributed by atoms with Gasteiger partial charge in [0.15, 0.2) is 5.82 Å². The van der Waals surface area contributed by atoms with E-state index in [4.69, 9.17) is 4.74 Å². The molecular formula is C23H34N4O3S. The highest BCUT2D eigenvalue weighted by atomic mass is 32.2. The molecule has 8 heteroatoms. The van der Waals surface area contributed by atoms with Gasteiger partial charge in [-0.3, -0.25) is 4.68 Å². The van der Waals surface area contributed by atoms with E-state index >= 15 is 0 Å². The van der Waals surface area contributed by atoms with E-state index in [1.165, 1.54) is 24.7 Å². The molecule has 0 spiro atoms. The standard InChI is InChI=1S/C23H34N4O3S/c1-26-14-13-23(24-26)27-15-12-21(25-31(2,28)29)22(16-27)30-17-18-8-10-20(11-9-18)19-6-4-3-5-7-19/h3-7,13-14,18,20-22,25H,8-12,15-17H2,1-2H3/t18?,20?,21-,22+/m1/s1. The Morgan fingerprint density at radius 2 is 1.84 bits per heavy atom. The van der Waals surface area contributed by atoms with E-state index in [0.717, 1.165) is 25.2 Å². The van der Waals surface area contributed by atoms with Gasteiger partial charge in [0.1, 0.15) is 0 Å². The Hall–Kier alpha value is -1.90. The van der Waals surface area contributed by atoms with Crippen molar-refractivity contribution in [2.75, 3.05) is 30.9 Å². The molecule has 1 saturated heterocycles. The topological polar surface area (TPSA) is 76.5 Å². The van der Waals surface area contributed by atoms with Gasteiger partial charge in [0, 0.05) is 39.0 Å². The highest BCUT2D eigenvalue weighted by molar-refractivity contribution is 7.88. The first-order valence-corrected chi connectivity index (χ1v) is 13.1. The van der Waals surface area contributed by atoms with E-state index in [1.54, 1.807) is 4.68 Å². The molecule has 0 amide bonds. The van der Waals surface area contributed by atoms with E-state index in [-0.39, 0.29) is 12.1 Å². The van der Waals surface area contributed by atoms with Crippen molar-refractivity contribution in [3.63, 3.8) is 0 Å². The van der Waals surface area contributed by atoms with Gasteiger partial charge in [-0.1, -0.05) is 30.3 Å². The minimum absolute atomic E-state index is 0.183. The van der Waals surface area contributed by atoms with E-state index in [2.05, 4.69) is 45.1 Å². The second-order valence-corrected chi connectivity index (χ2v) is 10.9. The third-order valence-electron chi connectivity index (χ3n) is 6.61. The number of nitrogens with one attached hydrogen (secondary N) is 1. The van der Waals surface area contributed by atoms with Crippen molar-refractivity contribution >= 4 is 15.8 Å². The SMILES string of the molecule is Cn1ccc(N2CC[C@@H](NS(C)(=O)=O)[C@@H](OCC3CCC(c4ccccc4)CC3)C2)n1.